The van der Waals surface area contributed by atoms with E-state index in [0.29, 0.717) is 5.56 Å². The smallest absolute Gasteiger partial charge is 0.320 e. The van der Waals surface area contributed by atoms with E-state index in [1.165, 1.54) is 4.57 Å². The number of carboxylic acid groups (broad SMARTS) is 1. The average Bonchev–Trinajstić information content (AvgIpc) is 2.43. The van der Waals surface area contributed by atoms with E-state index in [-0.39, 0.29) is 12.0 Å². The summed E-state index contributed by atoms with van der Waals surface area (Å²) in [5, 5.41) is 8.77. The maximum Gasteiger partial charge on any atom is 0.320 e. The predicted octanol–water partition coefficient (Wildman–Crippen LogP) is 1.01. The van der Waals surface area contributed by atoms with E-state index >= 15 is 0 Å². The molecule has 0 aliphatic rings. The molecule has 2 aromatic rings. The zero-order chi connectivity index (χ0) is 14.7. The summed E-state index contributed by atoms with van der Waals surface area (Å²) in [6.45, 7) is 0. The molecule has 0 aliphatic carbocycles. The molecule has 20 heavy (non-hydrogen) atoms. The number of nitrogens with zero attached hydrogens (tertiary/aromatic N) is 1. The van der Waals surface area contributed by atoms with E-state index in [1.54, 1.807) is 43.6 Å². The van der Waals surface area contributed by atoms with Crippen LogP contribution in [0.3, 0.4) is 0 Å². The van der Waals surface area contributed by atoms with Crippen molar-refractivity contribution in [3.05, 3.63) is 58.5 Å². The van der Waals surface area contributed by atoms with Crippen LogP contribution >= 0.6 is 0 Å². The number of aromatic nitrogens is 1. The van der Waals surface area contributed by atoms with Crippen LogP contribution in [0, 0.1) is 0 Å². The summed E-state index contributed by atoms with van der Waals surface area (Å²) < 4.78 is 1.52. The van der Waals surface area contributed by atoms with E-state index in [9.17, 15) is 9.59 Å². The summed E-state index contributed by atoms with van der Waals surface area (Å²) in [6, 6.07) is 9.87. The Labute approximate surface area is 116 Å². The summed E-state index contributed by atoms with van der Waals surface area (Å²) in [7, 11) is 1.70. The van der Waals surface area contributed by atoms with Gasteiger partial charge in [-0.2, -0.15) is 0 Å². The standard InChI is InChI=1S/C15H16N2O3/c1-17-8-2-3-12(14(17)18)11-6-4-10(5-7-11)9-13(16)15(19)20/h2-8,13H,9,16H2,1H3,(H,19,20)/t13-/m0/s1. The molecule has 1 heterocycles. The van der Waals surface area contributed by atoms with Crippen LogP contribution in [0.15, 0.2) is 47.4 Å². The molecule has 1 atom stereocenters. The van der Waals surface area contributed by atoms with Crippen LogP contribution in [-0.2, 0) is 18.3 Å². The number of rotatable bonds is 4. The highest BCUT2D eigenvalue weighted by molar-refractivity contribution is 5.73. The van der Waals surface area contributed by atoms with Gasteiger partial charge in [-0.25, -0.2) is 0 Å². The van der Waals surface area contributed by atoms with Gasteiger partial charge in [-0.15, -0.1) is 0 Å². The Morgan fingerprint density at radius 2 is 1.95 bits per heavy atom. The molecule has 5 nitrogen and oxygen atoms in total. The van der Waals surface area contributed by atoms with Crippen molar-refractivity contribution in [1.82, 2.24) is 4.57 Å². The molecule has 1 aromatic carbocycles. The van der Waals surface area contributed by atoms with Crippen molar-refractivity contribution in [3.63, 3.8) is 0 Å². The second kappa shape index (κ2) is 5.71. The van der Waals surface area contributed by atoms with E-state index in [1.807, 2.05) is 6.07 Å². The summed E-state index contributed by atoms with van der Waals surface area (Å²) in [5.41, 5.74) is 7.67. The van der Waals surface area contributed by atoms with Crippen molar-refractivity contribution in [2.45, 2.75) is 12.5 Å². The topological polar surface area (TPSA) is 85.3 Å². The maximum atomic E-state index is 12.0. The SMILES string of the molecule is Cn1cccc(-c2ccc(C[C@H](N)C(=O)O)cc2)c1=O. The lowest BCUT2D eigenvalue weighted by Gasteiger charge is -2.08. The number of benzene rings is 1. The monoisotopic (exact) mass is 272 g/mol. The first-order valence-corrected chi connectivity index (χ1v) is 6.22. The molecule has 1 aromatic heterocycles. The third-order valence-corrected chi connectivity index (χ3v) is 3.16. The number of carboxylic acids is 1. The fourth-order valence-corrected chi connectivity index (χ4v) is 1.98. The Kier molecular flexibility index (Phi) is 4.00. The first kappa shape index (κ1) is 14.0. The molecular formula is C15H16N2O3. The molecule has 0 amide bonds. The Bertz CT molecular complexity index is 674. The molecule has 0 aliphatic heterocycles. The van der Waals surface area contributed by atoms with Crippen molar-refractivity contribution in [2.24, 2.45) is 12.8 Å². The lowest BCUT2D eigenvalue weighted by atomic mass is 10.0. The second-order valence-electron chi connectivity index (χ2n) is 4.68. The lowest BCUT2D eigenvalue weighted by molar-refractivity contribution is -0.138. The minimum atomic E-state index is -1.02. The quantitative estimate of drug-likeness (QED) is 0.869. The van der Waals surface area contributed by atoms with E-state index < -0.39 is 12.0 Å². The van der Waals surface area contributed by atoms with Gasteiger partial charge in [0.15, 0.2) is 0 Å². The van der Waals surface area contributed by atoms with Crippen LogP contribution in [0.4, 0.5) is 0 Å². The van der Waals surface area contributed by atoms with Gasteiger partial charge in [0, 0.05) is 18.8 Å². The Morgan fingerprint density at radius 1 is 1.30 bits per heavy atom. The van der Waals surface area contributed by atoms with E-state index in [4.69, 9.17) is 10.8 Å². The molecule has 0 radical (unpaired) electrons. The van der Waals surface area contributed by atoms with Gasteiger partial charge in [-0.05, 0) is 29.7 Å². The molecule has 5 heteroatoms. The molecule has 0 bridgehead atoms. The number of aryl methyl sites for hydroxylation is 1. The fourth-order valence-electron chi connectivity index (χ4n) is 1.98. The molecule has 0 unspecified atom stereocenters. The molecular weight excluding hydrogens is 256 g/mol. The summed E-state index contributed by atoms with van der Waals surface area (Å²) in [5.74, 6) is -1.02. The van der Waals surface area contributed by atoms with Crippen LogP contribution in [0.1, 0.15) is 5.56 Å². The number of aliphatic carboxylic acids is 1. The predicted molar refractivity (Wildman–Crippen MR) is 76.4 cm³/mol. The van der Waals surface area contributed by atoms with Crippen LogP contribution in [-0.4, -0.2) is 21.7 Å². The summed E-state index contributed by atoms with van der Waals surface area (Å²) >= 11 is 0. The summed E-state index contributed by atoms with van der Waals surface area (Å²) in [4.78, 5) is 22.7. The first-order chi connectivity index (χ1) is 9.49. The van der Waals surface area contributed by atoms with Gasteiger partial charge in [-0.1, -0.05) is 24.3 Å². The number of hydrogen-bond acceptors (Lipinski definition) is 3. The fraction of sp³-hybridized carbons (Fsp3) is 0.200. The zero-order valence-corrected chi connectivity index (χ0v) is 11.1. The third-order valence-electron chi connectivity index (χ3n) is 3.16. The van der Waals surface area contributed by atoms with Crippen molar-refractivity contribution < 1.29 is 9.90 Å². The van der Waals surface area contributed by atoms with Gasteiger partial charge in [-0.3, -0.25) is 9.59 Å². The summed E-state index contributed by atoms with van der Waals surface area (Å²) in [6.07, 6.45) is 1.97. The Balaban J connectivity index is 2.26. The second-order valence-corrected chi connectivity index (χ2v) is 4.68. The number of hydrogen-bond donors (Lipinski definition) is 2. The van der Waals surface area contributed by atoms with Crippen LogP contribution < -0.4 is 11.3 Å². The van der Waals surface area contributed by atoms with Crippen molar-refractivity contribution in [2.75, 3.05) is 0 Å². The number of pyridine rings is 1. The van der Waals surface area contributed by atoms with Crippen molar-refractivity contribution in [1.29, 1.82) is 0 Å². The number of carbonyl (C=O) groups is 1. The maximum absolute atomic E-state index is 12.0. The van der Waals surface area contributed by atoms with Gasteiger partial charge in [0.1, 0.15) is 6.04 Å². The molecule has 3 N–H and O–H groups in total. The van der Waals surface area contributed by atoms with Crippen molar-refractivity contribution in [3.8, 4) is 11.1 Å². The van der Waals surface area contributed by atoms with Crippen LogP contribution in [0.2, 0.25) is 0 Å². The third kappa shape index (κ3) is 2.95. The van der Waals surface area contributed by atoms with Crippen molar-refractivity contribution >= 4 is 5.97 Å². The molecule has 0 saturated carbocycles. The molecule has 104 valence electrons. The van der Waals surface area contributed by atoms with E-state index in [2.05, 4.69) is 0 Å². The van der Waals surface area contributed by atoms with Gasteiger partial charge in [0.2, 0.25) is 0 Å². The van der Waals surface area contributed by atoms with Gasteiger partial charge < -0.3 is 15.4 Å². The van der Waals surface area contributed by atoms with Gasteiger partial charge in [0.05, 0.1) is 0 Å². The van der Waals surface area contributed by atoms with Crippen LogP contribution in [0.5, 0.6) is 0 Å². The molecule has 0 fully saturated rings. The Morgan fingerprint density at radius 3 is 2.55 bits per heavy atom. The lowest BCUT2D eigenvalue weighted by Crippen LogP contribution is -2.32. The minimum Gasteiger partial charge on any atom is -0.480 e. The largest absolute Gasteiger partial charge is 0.480 e. The average molecular weight is 272 g/mol. The van der Waals surface area contributed by atoms with E-state index in [0.717, 1.165) is 11.1 Å². The minimum absolute atomic E-state index is 0.0671. The normalized spacial score (nSPS) is 12.1. The first-order valence-electron chi connectivity index (χ1n) is 6.22. The highest BCUT2D eigenvalue weighted by Crippen LogP contribution is 2.16. The molecule has 2 rings (SSSR count). The van der Waals surface area contributed by atoms with Gasteiger partial charge >= 0.3 is 5.97 Å². The highest BCUT2D eigenvalue weighted by atomic mass is 16.4. The van der Waals surface area contributed by atoms with Crippen LogP contribution in [0.25, 0.3) is 11.1 Å². The zero-order valence-electron chi connectivity index (χ0n) is 11.1. The van der Waals surface area contributed by atoms with Gasteiger partial charge in [0.25, 0.3) is 5.56 Å². The molecule has 0 saturated heterocycles. The Hall–Kier alpha value is -2.40. The number of nitrogens with two attached hydrogens (primary N) is 1. The highest BCUT2D eigenvalue weighted by Gasteiger charge is 2.12. The molecule has 0 spiro atoms.